The van der Waals surface area contributed by atoms with Gasteiger partial charge in [-0.15, -0.1) is 12.4 Å². The summed E-state index contributed by atoms with van der Waals surface area (Å²) in [4.78, 5) is 2.47. The molecule has 1 aromatic rings. The maximum atomic E-state index is 4.04. The van der Waals surface area contributed by atoms with Crippen LogP contribution in [0.1, 0.15) is 17.7 Å². The molecule has 5 heteroatoms. The van der Waals surface area contributed by atoms with Gasteiger partial charge in [-0.05, 0) is 20.4 Å². The number of aromatic amines is 1. The second kappa shape index (κ2) is 5.49. The molecule has 0 amide bonds. The van der Waals surface area contributed by atoms with Gasteiger partial charge >= 0.3 is 0 Å². The van der Waals surface area contributed by atoms with Gasteiger partial charge in [-0.2, -0.15) is 5.10 Å². The Morgan fingerprint density at radius 3 is 3.00 bits per heavy atom. The zero-order valence-corrected chi connectivity index (χ0v) is 10.1. The van der Waals surface area contributed by atoms with E-state index in [4.69, 9.17) is 0 Å². The summed E-state index contributed by atoms with van der Waals surface area (Å²) in [5.74, 6) is 0. The van der Waals surface area contributed by atoms with Crippen LogP contribution in [0.2, 0.25) is 0 Å². The summed E-state index contributed by atoms with van der Waals surface area (Å²) in [6, 6.07) is 0.669. The molecule has 1 atom stereocenters. The largest absolute Gasteiger partial charge is 0.316 e. The summed E-state index contributed by atoms with van der Waals surface area (Å²) < 4.78 is 0. The molecule has 4 nitrogen and oxygen atoms in total. The van der Waals surface area contributed by atoms with Crippen LogP contribution in [0, 0.1) is 6.92 Å². The van der Waals surface area contributed by atoms with Crippen molar-refractivity contribution in [3.05, 3.63) is 17.5 Å². The van der Waals surface area contributed by atoms with Gasteiger partial charge in [0.2, 0.25) is 0 Å². The highest BCUT2D eigenvalue weighted by atomic mass is 35.5. The molecule has 2 N–H and O–H groups in total. The summed E-state index contributed by atoms with van der Waals surface area (Å²) in [6.07, 6.45) is 3.19. The van der Waals surface area contributed by atoms with Crippen LogP contribution < -0.4 is 5.32 Å². The predicted octanol–water partition coefficient (Wildman–Crippen LogP) is 0.934. The molecule has 0 radical (unpaired) electrons. The van der Waals surface area contributed by atoms with Gasteiger partial charge in [-0.3, -0.25) is 10.00 Å². The lowest BCUT2D eigenvalue weighted by Gasteiger charge is -2.14. The molecule has 1 saturated heterocycles. The molecule has 0 aliphatic carbocycles. The standard InChI is InChI=1S/C10H18N4.ClH/c1-8-9(5-12-13-8)6-14-4-3-10(7-14)11-2;/h5,10-11H,3-4,6-7H2,1-2H3,(H,12,13);1H. The van der Waals surface area contributed by atoms with Crippen LogP contribution in [0.3, 0.4) is 0 Å². The molecular formula is C10H19ClN4. The molecule has 1 aliphatic heterocycles. The average Bonchev–Trinajstić information content (AvgIpc) is 2.77. The first-order valence-electron chi connectivity index (χ1n) is 5.18. The third-order valence-corrected chi connectivity index (χ3v) is 3.01. The third kappa shape index (κ3) is 2.93. The van der Waals surface area contributed by atoms with E-state index >= 15 is 0 Å². The molecule has 86 valence electrons. The summed E-state index contributed by atoms with van der Waals surface area (Å²) in [6.45, 7) is 5.45. The fourth-order valence-corrected chi connectivity index (χ4v) is 1.99. The predicted molar refractivity (Wildman–Crippen MR) is 63.3 cm³/mol. The minimum absolute atomic E-state index is 0. The van der Waals surface area contributed by atoms with Gasteiger partial charge in [0.25, 0.3) is 0 Å². The third-order valence-electron chi connectivity index (χ3n) is 3.01. The fourth-order valence-electron chi connectivity index (χ4n) is 1.99. The monoisotopic (exact) mass is 230 g/mol. The van der Waals surface area contributed by atoms with Crippen LogP contribution in [0.25, 0.3) is 0 Å². The lowest BCUT2D eigenvalue weighted by Crippen LogP contribution is -2.29. The van der Waals surface area contributed by atoms with Crippen LogP contribution in [0.4, 0.5) is 0 Å². The highest BCUT2D eigenvalue weighted by Gasteiger charge is 2.21. The van der Waals surface area contributed by atoms with E-state index in [9.17, 15) is 0 Å². The number of aryl methyl sites for hydroxylation is 1. The van der Waals surface area contributed by atoms with Crippen LogP contribution >= 0.6 is 12.4 Å². The lowest BCUT2D eigenvalue weighted by atomic mass is 10.2. The maximum Gasteiger partial charge on any atom is 0.0535 e. The SMILES string of the molecule is CNC1CCN(Cc2cn[nH]c2C)C1.Cl. The van der Waals surface area contributed by atoms with Gasteiger partial charge in [-0.25, -0.2) is 0 Å². The maximum absolute atomic E-state index is 4.04. The van der Waals surface area contributed by atoms with Crippen LogP contribution in [-0.4, -0.2) is 41.3 Å². The van der Waals surface area contributed by atoms with Crippen molar-refractivity contribution in [2.24, 2.45) is 0 Å². The number of halogens is 1. The zero-order valence-electron chi connectivity index (χ0n) is 9.29. The molecule has 1 aliphatic rings. The molecule has 1 fully saturated rings. The minimum Gasteiger partial charge on any atom is -0.316 e. The Balaban J connectivity index is 0.00000112. The van der Waals surface area contributed by atoms with Crippen molar-refractivity contribution in [2.45, 2.75) is 25.9 Å². The van der Waals surface area contributed by atoms with Crippen LogP contribution in [0.15, 0.2) is 6.20 Å². The van der Waals surface area contributed by atoms with Gasteiger partial charge in [-0.1, -0.05) is 0 Å². The average molecular weight is 231 g/mol. The highest BCUT2D eigenvalue weighted by Crippen LogP contribution is 2.14. The fraction of sp³-hybridized carbons (Fsp3) is 0.700. The van der Waals surface area contributed by atoms with E-state index in [-0.39, 0.29) is 12.4 Å². The van der Waals surface area contributed by atoms with Crippen LogP contribution in [0.5, 0.6) is 0 Å². The Hall–Kier alpha value is -0.580. The molecule has 0 bridgehead atoms. The number of aromatic nitrogens is 2. The van der Waals surface area contributed by atoms with Crippen molar-refractivity contribution < 1.29 is 0 Å². The zero-order chi connectivity index (χ0) is 9.97. The summed E-state index contributed by atoms with van der Waals surface area (Å²) >= 11 is 0. The Bertz CT molecular complexity index is 299. The second-order valence-corrected chi connectivity index (χ2v) is 4.03. The number of H-pyrrole nitrogens is 1. The minimum atomic E-state index is 0. The van der Waals surface area contributed by atoms with Gasteiger partial charge in [0.05, 0.1) is 6.20 Å². The molecule has 0 spiro atoms. The topological polar surface area (TPSA) is 44.0 Å². The first-order valence-corrected chi connectivity index (χ1v) is 5.18. The molecule has 2 heterocycles. The van der Waals surface area contributed by atoms with Crippen molar-refractivity contribution in [2.75, 3.05) is 20.1 Å². The number of hydrogen-bond donors (Lipinski definition) is 2. The Labute approximate surface area is 96.8 Å². The second-order valence-electron chi connectivity index (χ2n) is 4.03. The molecule has 1 aromatic heterocycles. The quantitative estimate of drug-likeness (QED) is 0.812. The molecule has 1 unspecified atom stereocenters. The summed E-state index contributed by atoms with van der Waals surface area (Å²) in [5, 5.41) is 10.3. The molecule has 15 heavy (non-hydrogen) atoms. The number of hydrogen-bond acceptors (Lipinski definition) is 3. The van der Waals surface area contributed by atoms with Crippen molar-refractivity contribution in [1.29, 1.82) is 0 Å². The van der Waals surface area contributed by atoms with Gasteiger partial charge in [0, 0.05) is 36.9 Å². The van der Waals surface area contributed by atoms with E-state index in [1.807, 2.05) is 13.2 Å². The number of nitrogens with zero attached hydrogens (tertiary/aromatic N) is 2. The first-order chi connectivity index (χ1) is 6.79. The van der Waals surface area contributed by atoms with Crippen molar-refractivity contribution in [1.82, 2.24) is 20.4 Å². The number of nitrogens with one attached hydrogen (secondary N) is 2. The van der Waals surface area contributed by atoms with Crippen LogP contribution in [-0.2, 0) is 6.54 Å². The highest BCUT2D eigenvalue weighted by molar-refractivity contribution is 5.85. The molecule has 0 saturated carbocycles. The van der Waals surface area contributed by atoms with E-state index in [1.54, 1.807) is 0 Å². The van der Waals surface area contributed by atoms with Gasteiger partial charge in [0.15, 0.2) is 0 Å². The van der Waals surface area contributed by atoms with Crippen molar-refractivity contribution >= 4 is 12.4 Å². The van der Waals surface area contributed by atoms with Gasteiger partial charge in [0.1, 0.15) is 0 Å². The molecular weight excluding hydrogens is 212 g/mol. The van der Waals surface area contributed by atoms with E-state index < -0.39 is 0 Å². The summed E-state index contributed by atoms with van der Waals surface area (Å²) in [5.41, 5.74) is 2.51. The lowest BCUT2D eigenvalue weighted by molar-refractivity contribution is 0.322. The molecule has 2 rings (SSSR count). The van der Waals surface area contributed by atoms with E-state index in [0.717, 1.165) is 13.1 Å². The normalized spacial score (nSPS) is 21.6. The van der Waals surface area contributed by atoms with Crippen molar-refractivity contribution in [3.8, 4) is 0 Å². The number of likely N-dealkylation sites (tertiary alicyclic amines) is 1. The molecule has 0 aromatic carbocycles. The number of rotatable bonds is 3. The Morgan fingerprint density at radius 1 is 1.67 bits per heavy atom. The summed E-state index contributed by atoms with van der Waals surface area (Å²) in [7, 11) is 2.04. The van der Waals surface area contributed by atoms with E-state index in [2.05, 4.69) is 27.3 Å². The van der Waals surface area contributed by atoms with E-state index in [0.29, 0.717) is 6.04 Å². The van der Waals surface area contributed by atoms with Gasteiger partial charge < -0.3 is 5.32 Å². The van der Waals surface area contributed by atoms with E-state index in [1.165, 1.54) is 24.2 Å². The smallest absolute Gasteiger partial charge is 0.0535 e. The Kier molecular flexibility index (Phi) is 4.57. The first kappa shape index (κ1) is 12.5. The Morgan fingerprint density at radius 2 is 2.47 bits per heavy atom. The van der Waals surface area contributed by atoms with Crippen molar-refractivity contribution in [3.63, 3.8) is 0 Å². The number of likely N-dealkylation sites (N-methyl/N-ethyl adjacent to an activating group) is 1.